The van der Waals surface area contributed by atoms with Gasteiger partial charge in [-0.3, -0.25) is 0 Å². The first-order valence-corrected chi connectivity index (χ1v) is 7.18. The maximum Gasteiger partial charge on any atom is 0.179 e. The quantitative estimate of drug-likeness (QED) is 0.862. The topological polar surface area (TPSA) is 30.5 Å². The SMILES string of the molecule is CCC1(NCc2ccc(OC)c(OC)c2Cl)CCC1. The van der Waals surface area contributed by atoms with Crippen LogP contribution < -0.4 is 14.8 Å². The molecular formula is C15H22ClNO2. The molecule has 106 valence electrons. The van der Waals surface area contributed by atoms with E-state index in [-0.39, 0.29) is 0 Å². The molecule has 1 fully saturated rings. The zero-order valence-electron chi connectivity index (χ0n) is 11.9. The van der Waals surface area contributed by atoms with Crippen molar-refractivity contribution >= 4 is 11.6 Å². The van der Waals surface area contributed by atoms with Crippen molar-refractivity contribution in [3.63, 3.8) is 0 Å². The number of rotatable bonds is 6. The highest BCUT2D eigenvalue weighted by Crippen LogP contribution is 2.39. The zero-order valence-corrected chi connectivity index (χ0v) is 12.6. The molecular weight excluding hydrogens is 262 g/mol. The number of methoxy groups -OCH3 is 2. The van der Waals surface area contributed by atoms with E-state index in [9.17, 15) is 0 Å². The zero-order chi connectivity index (χ0) is 13.9. The molecule has 0 aromatic heterocycles. The van der Waals surface area contributed by atoms with Crippen molar-refractivity contribution in [1.82, 2.24) is 5.32 Å². The van der Waals surface area contributed by atoms with E-state index in [0.717, 1.165) is 18.5 Å². The van der Waals surface area contributed by atoms with Gasteiger partial charge in [-0.15, -0.1) is 0 Å². The molecule has 4 heteroatoms. The van der Waals surface area contributed by atoms with Gasteiger partial charge in [0.1, 0.15) is 0 Å². The summed E-state index contributed by atoms with van der Waals surface area (Å²) in [5.74, 6) is 1.28. The third kappa shape index (κ3) is 2.82. The molecule has 0 amide bonds. The van der Waals surface area contributed by atoms with Gasteiger partial charge in [-0.2, -0.15) is 0 Å². The molecule has 1 aliphatic carbocycles. The lowest BCUT2D eigenvalue weighted by Crippen LogP contribution is -2.49. The van der Waals surface area contributed by atoms with Crippen LogP contribution in [0.3, 0.4) is 0 Å². The Balaban J connectivity index is 2.12. The Hall–Kier alpha value is -0.930. The summed E-state index contributed by atoms with van der Waals surface area (Å²) in [5.41, 5.74) is 1.37. The number of hydrogen-bond donors (Lipinski definition) is 1. The molecule has 2 rings (SSSR count). The summed E-state index contributed by atoms with van der Waals surface area (Å²) in [5, 5.41) is 4.29. The van der Waals surface area contributed by atoms with Crippen molar-refractivity contribution in [1.29, 1.82) is 0 Å². The smallest absolute Gasteiger partial charge is 0.179 e. The Morgan fingerprint density at radius 1 is 1.26 bits per heavy atom. The van der Waals surface area contributed by atoms with E-state index >= 15 is 0 Å². The predicted octanol–water partition coefficient (Wildman–Crippen LogP) is 3.78. The van der Waals surface area contributed by atoms with E-state index in [0.29, 0.717) is 22.1 Å². The van der Waals surface area contributed by atoms with Gasteiger partial charge in [0, 0.05) is 12.1 Å². The highest BCUT2D eigenvalue weighted by Gasteiger charge is 2.34. The molecule has 0 atom stereocenters. The highest BCUT2D eigenvalue weighted by atomic mass is 35.5. The third-order valence-electron chi connectivity index (χ3n) is 4.21. The molecule has 1 saturated carbocycles. The van der Waals surface area contributed by atoms with E-state index in [4.69, 9.17) is 21.1 Å². The molecule has 0 radical (unpaired) electrons. The van der Waals surface area contributed by atoms with Gasteiger partial charge in [-0.05, 0) is 37.3 Å². The Bertz CT molecular complexity index is 439. The van der Waals surface area contributed by atoms with Crippen molar-refractivity contribution in [2.24, 2.45) is 0 Å². The second-order valence-electron chi connectivity index (χ2n) is 5.12. The Morgan fingerprint density at radius 2 is 2.00 bits per heavy atom. The maximum atomic E-state index is 6.38. The van der Waals surface area contributed by atoms with E-state index < -0.39 is 0 Å². The van der Waals surface area contributed by atoms with Gasteiger partial charge in [-0.1, -0.05) is 24.6 Å². The summed E-state index contributed by atoms with van der Waals surface area (Å²) in [7, 11) is 3.23. The minimum absolute atomic E-state index is 0.316. The monoisotopic (exact) mass is 283 g/mol. The lowest BCUT2D eigenvalue weighted by atomic mass is 9.75. The number of ether oxygens (including phenoxy) is 2. The van der Waals surface area contributed by atoms with Gasteiger partial charge >= 0.3 is 0 Å². The van der Waals surface area contributed by atoms with Crippen LogP contribution in [0, 0.1) is 0 Å². The van der Waals surface area contributed by atoms with E-state index in [2.05, 4.69) is 12.2 Å². The van der Waals surface area contributed by atoms with Crippen LogP contribution in [0.2, 0.25) is 5.02 Å². The molecule has 1 N–H and O–H groups in total. The average molecular weight is 284 g/mol. The molecule has 1 aliphatic rings. The van der Waals surface area contributed by atoms with Crippen molar-refractivity contribution in [2.75, 3.05) is 14.2 Å². The number of hydrogen-bond acceptors (Lipinski definition) is 3. The van der Waals surface area contributed by atoms with Gasteiger partial charge < -0.3 is 14.8 Å². The summed E-state index contributed by atoms with van der Waals surface area (Å²) >= 11 is 6.38. The van der Waals surface area contributed by atoms with Crippen molar-refractivity contribution < 1.29 is 9.47 Å². The standard InChI is InChI=1S/C15H22ClNO2/c1-4-15(8-5-9-15)17-10-11-6-7-12(18-2)14(19-3)13(11)16/h6-7,17H,4-5,8-10H2,1-3H3. The van der Waals surface area contributed by atoms with Crippen LogP contribution in [0.25, 0.3) is 0 Å². The molecule has 1 aromatic rings. The van der Waals surface area contributed by atoms with E-state index in [1.54, 1.807) is 14.2 Å². The highest BCUT2D eigenvalue weighted by molar-refractivity contribution is 6.33. The normalized spacial score (nSPS) is 16.8. The Morgan fingerprint density at radius 3 is 2.47 bits per heavy atom. The van der Waals surface area contributed by atoms with E-state index in [1.165, 1.54) is 19.3 Å². The Labute approximate surface area is 120 Å². The first-order valence-electron chi connectivity index (χ1n) is 6.80. The minimum atomic E-state index is 0.316. The second kappa shape index (κ2) is 6.02. The number of nitrogens with one attached hydrogen (secondary N) is 1. The second-order valence-corrected chi connectivity index (χ2v) is 5.49. The van der Waals surface area contributed by atoms with Crippen LogP contribution in [0.5, 0.6) is 11.5 Å². The fourth-order valence-electron chi connectivity index (χ4n) is 2.61. The van der Waals surface area contributed by atoms with E-state index in [1.807, 2.05) is 12.1 Å². The van der Waals surface area contributed by atoms with Crippen LogP contribution in [0.15, 0.2) is 12.1 Å². The van der Waals surface area contributed by atoms with Gasteiger partial charge in [0.05, 0.1) is 19.2 Å². The summed E-state index contributed by atoms with van der Waals surface area (Å²) in [6.45, 7) is 3.01. The number of benzene rings is 1. The van der Waals surface area contributed by atoms with Gasteiger partial charge in [0.25, 0.3) is 0 Å². The minimum Gasteiger partial charge on any atom is -0.493 e. The van der Waals surface area contributed by atoms with Crippen molar-refractivity contribution in [3.05, 3.63) is 22.7 Å². The predicted molar refractivity (Wildman–Crippen MR) is 78.3 cm³/mol. The van der Waals surface area contributed by atoms with Crippen LogP contribution >= 0.6 is 11.6 Å². The van der Waals surface area contributed by atoms with Gasteiger partial charge in [0.15, 0.2) is 11.5 Å². The largest absolute Gasteiger partial charge is 0.493 e. The van der Waals surface area contributed by atoms with Gasteiger partial charge in [0.2, 0.25) is 0 Å². The molecule has 0 heterocycles. The molecule has 3 nitrogen and oxygen atoms in total. The van der Waals surface area contributed by atoms with Crippen molar-refractivity contribution in [3.8, 4) is 11.5 Å². The molecule has 19 heavy (non-hydrogen) atoms. The average Bonchev–Trinajstić information content (AvgIpc) is 2.39. The van der Waals surface area contributed by atoms with Crippen LogP contribution in [-0.4, -0.2) is 19.8 Å². The summed E-state index contributed by atoms with van der Waals surface area (Å²) in [6.07, 6.45) is 5.00. The summed E-state index contributed by atoms with van der Waals surface area (Å²) < 4.78 is 10.6. The van der Waals surface area contributed by atoms with Crippen LogP contribution in [-0.2, 0) is 6.54 Å². The first-order chi connectivity index (χ1) is 9.15. The van der Waals surface area contributed by atoms with Crippen LogP contribution in [0.1, 0.15) is 38.2 Å². The molecule has 0 saturated heterocycles. The third-order valence-corrected chi connectivity index (χ3v) is 4.62. The van der Waals surface area contributed by atoms with Gasteiger partial charge in [-0.25, -0.2) is 0 Å². The fraction of sp³-hybridized carbons (Fsp3) is 0.600. The van der Waals surface area contributed by atoms with Crippen molar-refractivity contribution in [2.45, 2.75) is 44.7 Å². The molecule has 1 aromatic carbocycles. The maximum absolute atomic E-state index is 6.38. The molecule has 0 bridgehead atoms. The molecule has 0 spiro atoms. The Kier molecular flexibility index (Phi) is 4.58. The molecule has 0 unspecified atom stereocenters. The number of halogens is 1. The molecule has 0 aliphatic heterocycles. The summed E-state index contributed by atoms with van der Waals surface area (Å²) in [6, 6.07) is 3.90. The summed E-state index contributed by atoms with van der Waals surface area (Å²) in [4.78, 5) is 0. The first kappa shape index (κ1) is 14.5. The van der Waals surface area contributed by atoms with Crippen LogP contribution in [0.4, 0.5) is 0 Å². The lowest BCUT2D eigenvalue weighted by molar-refractivity contribution is 0.175. The lowest BCUT2D eigenvalue weighted by Gasteiger charge is -2.42. The fourth-order valence-corrected chi connectivity index (χ4v) is 2.91.